The SMILES string of the molecule is CC(C)(C)C(=O)N[C@H]1c2ccccc2C[C@H]1O. The second kappa shape index (κ2) is 4.15. The van der Waals surface area contributed by atoms with Crippen LogP contribution in [0.5, 0.6) is 0 Å². The highest BCUT2D eigenvalue weighted by atomic mass is 16.3. The van der Waals surface area contributed by atoms with E-state index in [2.05, 4.69) is 5.32 Å². The molecule has 0 heterocycles. The Hall–Kier alpha value is -1.35. The molecule has 17 heavy (non-hydrogen) atoms. The monoisotopic (exact) mass is 233 g/mol. The number of nitrogens with one attached hydrogen (secondary N) is 1. The van der Waals surface area contributed by atoms with Crippen LogP contribution in [0.15, 0.2) is 24.3 Å². The Labute approximate surface area is 102 Å². The van der Waals surface area contributed by atoms with Crippen molar-refractivity contribution in [3.63, 3.8) is 0 Å². The average molecular weight is 233 g/mol. The number of aliphatic hydroxyl groups is 1. The highest BCUT2D eigenvalue weighted by molar-refractivity contribution is 5.82. The number of rotatable bonds is 1. The lowest BCUT2D eigenvalue weighted by atomic mass is 9.94. The first kappa shape index (κ1) is 12.1. The summed E-state index contributed by atoms with van der Waals surface area (Å²) in [6.45, 7) is 5.61. The molecule has 3 nitrogen and oxygen atoms in total. The normalized spacial score (nSPS) is 23.3. The van der Waals surface area contributed by atoms with Crippen molar-refractivity contribution in [2.45, 2.75) is 39.3 Å². The van der Waals surface area contributed by atoms with Gasteiger partial charge < -0.3 is 10.4 Å². The van der Waals surface area contributed by atoms with Crippen LogP contribution in [0.2, 0.25) is 0 Å². The van der Waals surface area contributed by atoms with E-state index in [1.807, 2.05) is 45.0 Å². The number of carbonyl (C=O) groups excluding carboxylic acids is 1. The first-order valence-corrected chi connectivity index (χ1v) is 5.96. The summed E-state index contributed by atoms with van der Waals surface area (Å²) in [6.07, 6.45) is 0.101. The summed E-state index contributed by atoms with van der Waals surface area (Å²) in [5.41, 5.74) is 1.73. The van der Waals surface area contributed by atoms with Gasteiger partial charge in [0.25, 0.3) is 0 Å². The highest BCUT2D eigenvalue weighted by Gasteiger charge is 2.34. The zero-order valence-electron chi connectivity index (χ0n) is 10.5. The molecule has 0 spiro atoms. The molecule has 92 valence electrons. The third-order valence-corrected chi connectivity index (χ3v) is 3.17. The van der Waals surface area contributed by atoms with Gasteiger partial charge in [0.1, 0.15) is 0 Å². The van der Waals surface area contributed by atoms with Crippen LogP contribution < -0.4 is 5.32 Å². The van der Waals surface area contributed by atoms with Gasteiger partial charge in [-0.2, -0.15) is 0 Å². The van der Waals surface area contributed by atoms with E-state index >= 15 is 0 Å². The van der Waals surface area contributed by atoms with E-state index in [0.717, 1.165) is 11.1 Å². The second-order valence-corrected chi connectivity index (χ2v) is 5.67. The summed E-state index contributed by atoms with van der Waals surface area (Å²) in [6, 6.07) is 7.60. The lowest BCUT2D eigenvalue weighted by molar-refractivity contribution is -0.130. The van der Waals surface area contributed by atoms with Crippen LogP contribution in [-0.4, -0.2) is 17.1 Å². The quantitative estimate of drug-likeness (QED) is 0.777. The maximum atomic E-state index is 12.0. The van der Waals surface area contributed by atoms with Gasteiger partial charge in [-0.15, -0.1) is 0 Å². The summed E-state index contributed by atoms with van der Waals surface area (Å²) < 4.78 is 0. The van der Waals surface area contributed by atoms with Gasteiger partial charge in [0.2, 0.25) is 5.91 Å². The van der Waals surface area contributed by atoms with Crippen LogP contribution in [0.4, 0.5) is 0 Å². The van der Waals surface area contributed by atoms with Crippen molar-refractivity contribution in [1.82, 2.24) is 5.32 Å². The lowest BCUT2D eigenvalue weighted by Gasteiger charge is -2.24. The topological polar surface area (TPSA) is 49.3 Å². The predicted molar refractivity (Wildman–Crippen MR) is 66.5 cm³/mol. The molecule has 2 rings (SSSR count). The van der Waals surface area contributed by atoms with Crippen LogP contribution in [0.1, 0.15) is 37.9 Å². The molecule has 1 amide bonds. The van der Waals surface area contributed by atoms with Gasteiger partial charge in [-0.25, -0.2) is 0 Å². The van der Waals surface area contributed by atoms with Crippen molar-refractivity contribution in [1.29, 1.82) is 0 Å². The third kappa shape index (κ3) is 2.34. The summed E-state index contributed by atoms with van der Waals surface area (Å²) in [5.74, 6) is -0.0294. The number of hydrogen-bond donors (Lipinski definition) is 2. The molecular formula is C14H19NO2. The van der Waals surface area contributed by atoms with Crippen LogP contribution in [0.3, 0.4) is 0 Å². The van der Waals surface area contributed by atoms with Crippen molar-refractivity contribution < 1.29 is 9.90 Å². The molecular weight excluding hydrogens is 214 g/mol. The zero-order chi connectivity index (χ0) is 12.6. The van der Waals surface area contributed by atoms with Gasteiger partial charge in [-0.1, -0.05) is 45.0 Å². The van der Waals surface area contributed by atoms with Crippen molar-refractivity contribution in [3.8, 4) is 0 Å². The molecule has 2 atom stereocenters. The summed E-state index contributed by atoms with van der Waals surface area (Å²) in [4.78, 5) is 12.0. The Morgan fingerprint density at radius 2 is 2.00 bits per heavy atom. The maximum Gasteiger partial charge on any atom is 0.225 e. The Kier molecular flexibility index (Phi) is 2.96. The number of aliphatic hydroxyl groups excluding tert-OH is 1. The van der Waals surface area contributed by atoms with Crippen LogP contribution in [0.25, 0.3) is 0 Å². The number of carbonyl (C=O) groups is 1. The number of benzene rings is 1. The molecule has 2 N–H and O–H groups in total. The maximum absolute atomic E-state index is 12.0. The predicted octanol–water partition coefficient (Wildman–Crippen LogP) is 1.81. The van der Waals surface area contributed by atoms with Gasteiger partial charge in [0, 0.05) is 11.8 Å². The van der Waals surface area contributed by atoms with E-state index in [4.69, 9.17) is 0 Å². The Morgan fingerprint density at radius 3 is 2.65 bits per heavy atom. The molecule has 1 aromatic rings. The Balaban J connectivity index is 2.20. The van der Waals surface area contributed by atoms with E-state index in [1.54, 1.807) is 0 Å². The smallest absolute Gasteiger partial charge is 0.225 e. The number of hydrogen-bond acceptors (Lipinski definition) is 2. The van der Waals surface area contributed by atoms with Crippen molar-refractivity contribution in [2.75, 3.05) is 0 Å². The van der Waals surface area contributed by atoms with E-state index in [1.165, 1.54) is 0 Å². The van der Waals surface area contributed by atoms with Crippen molar-refractivity contribution in [2.24, 2.45) is 5.41 Å². The van der Waals surface area contributed by atoms with Gasteiger partial charge in [-0.05, 0) is 11.1 Å². The summed E-state index contributed by atoms with van der Waals surface area (Å²) in [7, 11) is 0. The molecule has 0 saturated carbocycles. The standard InChI is InChI=1S/C14H19NO2/c1-14(2,3)13(17)15-12-10-7-5-4-6-9(10)8-11(12)16/h4-7,11-12,16H,8H2,1-3H3,(H,15,17)/t11-,12+/m1/s1. The molecule has 0 fully saturated rings. The fraction of sp³-hybridized carbons (Fsp3) is 0.500. The highest BCUT2D eigenvalue weighted by Crippen LogP contribution is 2.32. The zero-order valence-corrected chi connectivity index (χ0v) is 10.5. The van der Waals surface area contributed by atoms with Crippen molar-refractivity contribution in [3.05, 3.63) is 35.4 Å². The van der Waals surface area contributed by atoms with Crippen LogP contribution in [0, 0.1) is 5.41 Å². The molecule has 1 aliphatic rings. The van der Waals surface area contributed by atoms with Crippen molar-refractivity contribution >= 4 is 5.91 Å². The molecule has 0 bridgehead atoms. The van der Waals surface area contributed by atoms with Gasteiger partial charge in [-0.3, -0.25) is 4.79 Å². The van der Waals surface area contributed by atoms with E-state index < -0.39 is 11.5 Å². The van der Waals surface area contributed by atoms with Gasteiger partial charge >= 0.3 is 0 Å². The first-order chi connectivity index (χ1) is 7.89. The molecule has 0 aromatic heterocycles. The van der Waals surface area contributed by atoms with Crippen LogP contribution >= 0.6 is 0 Å². The molecule has 3 heteroatoms. The Bertz CT molecular complexity index is 434. The van der Waals surface area contributed by atoms with Gasteiger partial charge in [0.15, 0.2) is 0 Å². The Morgan fingerprint density at radius 1 is 1.35 bits per heavy atom. The van der Waals surface area contributed by atoms with Crippen LogP contribution in [-0.2, 0) is 11.2 Å². The fourth-order valence-corrected chi connectivity index (χ4v) is 2.11. The minimum absolute atomic E-state index is 0.0294. The minimum atomic E-state index is -0.515. The molecule has 0 unspecified atom stereocenters. The largest absolute Gasteiger partial charge is 0.390 e. The molecule has 0 saturated heterocycles. The van der Waals surface area contributed by atoms with Gasteiger partial charge in [0.05, 0.1) is 12.1 Å². The first-order valence-electron chi connectivity index (χ1n) is 5.96. The third-order valence-electron chi connectivity index (χ3n) is 3.17. The number of fused-ring (bicyclic) bond motifs is 1. The van der Waals surface area contributed by atoms with E-state index in [9.17, 15) is 9.90 Å². The molecule has 0 radical (unpaired) electrons. The molecule has 0 aliphatic heterocycles. The fourth-order valence-electron chi connectivity index (χ4n) is 2.11. The minimum Gasteiger partial charge on any atom is -0.390 e. The van der Waals surface area contributed by atoms with E-state index in [-0.39, 0.29) is 11.9 Å². The number of amides is 1. The average Bonchev–Trinajstić information content (AvgIpc) is 2.54. The lowest BCUT2D eigenvalue weighted by Crippen LogP contribution is -2.40. The second-order valence-electron chi connectivity index (χ2n) is 5.67. The molecule has 1 aliphatic carbocycles. The summed E-state index contributed by atoms with van der Waals surface area (Å²) in [5, 5.41) is 12.9. The summed E-state index contributed by atoms with van der Waals surface area (Å²) >= 11 is 0. The molecule has 1 aromatic carbocycles. The van der Waals surface area contributed by atoms with E-state index in [0.29, 0.717) is 6.42 Å².